The van der Waals surface area contributed by atoms with Gasteiger partial charge in [0, 0.05) is 12.1 Å². The van der Waals surface area contributed by atoms with Crippen LogP contribution in [0.5, 0.6) is 0 Å². The molecule has 0 aliphatic heterocycles. The lowest BCUT2D eigenvalue weighted by molar-refractivity contribution is -0.917. The van der Waals surface area contributed by atoms with E-state index in [-0.39, 0.29) is 62.4 Å². The smallest absolute Gasteiger partial charge is 0.362 e. The first-order chi connectivity index (χ1) is 26.0. The number of ether oxygens (including phenoxy) is 5. The number of quaternary nitrogens is 1. The molecule has 0 aliphatic carbocycles. The van der Waals surface area contributed by atoms with Crippen LogP contribution in [0.1, 0.15) is 116 Å². The third kappa shape index (κ3) is 23.3. The molecule has 1 aromatic carbocycles. The molecule has 0 amide bonds. The van der Waals surface area contributed by atoms with Crippen LogP contribution >= 0.6 is 0 Å². The Morgan fingerprint density at radius 2 is 0.983 bits per heavy atom. The number of non-ortho nitro benzene ring substituents is 1. The lowest BCUT2D eigenvalue weighted by atomic mass is 10.0. The minimum absolute atomic E-state index is 0.0560. The van der Waals surface area contributed by atoms with Crippen molar-refractivity contribution in [2.24, 2.45) is 0 Å². The predicted molar refractivity (Wildman–Crippen MR) is 219 cm³/mol. The van der Waals surface area contributed by atoms with Gasteiger partial charge in [-0.2, -0.15) is 0 Å². The fourth-order valence-electron chi connectivity index (χ4n) is 6.14. The van der Waals surface area contributed by atoms with Crippen molar-refractivity contribution in [3.63, 3.8) is 0 Å². The molecule has 16 nitrogen and oxygen atoms in total. The fourth-order valence-corrected chi connectivity index (χ4v) is 6.14. The van der Waals surface area contributed by atoms with Crippen molar-refractivity contribution in [2.75, 3.05) is 45.8 Å². The number of esters is 5. The maximum absolute atomic E-state index is 13.9. The molecule has 0 heterocycles. The van der Waals surface area contributed by atoms with E-state index in [0.29, 0.717) is 5.56 Å². The number of hydrogen-bond acceptors (Lipinski definition) is 14. The molecule has 330 valence electrons. The summed E-state index contributed by atoms with van der Waals surface area (Å²) in [5.41, 5.74) is -3.78. The lowest BCUT2D eigenvalue weighted by Crippen LogP contribution is -2.65. The van der Waals surface area contributed by atoms with E-state index in [2.05, 4.69) is 5.32 Å². The number of carbonyl (C=O) groups is 5. The van der Waals surface area contributed by atoms with E-state index < -0.39 is 74.9 Å². The van der Waals surface area contributed by atoms with Gasteiger partial charge in [-0.15, -0.1) is 0 Å². The van der Waals surface area contributed by atoms with E-state index in [1.165, 1.54) is 12.1 Å². The van der Waals surface area contributed by atoms with E-state index >= 15 is 0 Å². The molecular formula is C42H71N4O12+. The molecule has 0 saturated carbocycles. The Balaban J connectivity index is 4.11. The number of hydrogen-bond donors (Lipinski definition) is 1. The Labute approximate surface area is 345 Å². The molecule has 0 saturated heterocycles. The Morgan fingerprint density at radius 3 is 1.34 bits per heavy atom. The van der Waals surface area contributed by atoms with Crippen LogP contribution in [0.15, 0.2) is 24.3 Å². The number of rotatable bonds is 19. The van der Waals surface area contributed by atoms with Crippen molar-refractivity contribution >= 4 is 35.5 Å². The molecule has 0 aliphatic rings. The van der Waals surface area contributed by atoms with Crippen LogP contribution in [-0.2, 0) is 54.1 Å². The van der Waals surface area contributed by atoms with Crippen molar-refractivity contribution in [2.45, 2.75) is 157 Å². The maximum atomic E-state index is 13.9. The van der Waals surface area contributed by atoms with Gasteiger partial charge >= 0.3 is 29.8 Å². The molecule has 16 heteroatoms. The van der Waals surface area contributed by atoms with E-state index in [9.17, 15) is 34.1 Å². The quantitative estimate of drug-likeness (QED) is 0.0621. The minimum atomic E-state index is -0.892. The monoisotopic (exact) mass is 824 g/mol. The van der Waals surface area contributed by atoms with Crippen molar-refractivity contribution in [1.29, 1.82) is 0 Å². The number of benzene rings is 1. The molecular weight excluding hydrogens is 752 g/mol. The van der Waals surface area contributed by atoms with Crippen LogP contribution in [0.4, 0.5) is 5.69 Å². The highest BCUT2D eigenvalue weighted by molar-refractivity contribution is 5.76. The zero-order chi connectivity index (χ0) is 45.1. The summed E-state index contributed by atoms with van der Waals surface area (Å²) in [5.74, 6) is -3.05. The van der Waals surface area contributed by atoms with Crippen molar-refractivity contribution in [3.8, 4) is 0 Å². The number of carbonyl (C=O) groups excluding carboxylic acids is 5. The highest BCUT2D eigenvalue weighted by Gasteiger charge is 2.43. The van der Waals surface area contributed by atoms with E-state index in [1.54, 1.807) is 128 Å². The molecule has 0 fully saturated rings. The van der Waals surface area contributed by atoms with Gasteiger partial charge in [-0.25, -0.2) is 9.59 Å². The Hall–Kier alpha value is -4.15. The summed E-state index contributed by atoms with van der Waals surface area (Å²) in [6, 6.07) is 4.51. The average molecular weight is 824 g/mol. The molecule has 0 aromatic heterocycles. The third-order valence-electron chi connectivity index (χ3n) is 7.68. The standard InChI is InChI=1S/C42H71N4O12/c1-29(43-22-33(47)54-38(2,3)4)25-46(27-36(50)57-41(11,12)13,28-37(51)58-42(14,15)16)26-32(21-30-17-19-31(20-18-30)45(52)53)44(23-34(48)55-39(5,6)7)24-35(49)56-40(8,9)10/h17-20,29,32,43H,21-28H2,1-16H3/q+1. The molecule has 1 aromatic rings. The second-order valence-electron chi connectivity index (χ2n) is 19.9. The molecule has 1 rings (SSSR count). The van der Waals surface area contributed by atoms with Crippen LogP contribution in [0, 0.1) is 10.1 Å². The van der Waals surface area contributed by atoms with Gasteiger partial charge in [0.05, 0.1) is 49.7 Å². The Kier molecular flexibility index (Phi) is 18.5. The Bertz CT molecular complexity index is 1500. The van der Waals surface area contributed by atoms with E-state index in [0.717, 1.165) is 0 Å². The third-order valence-corrected chi connectivity index (χ3v) is 7.68. The molecule has 58 heavy (non-hydrogen) atoms. The summed E-state index contributed by atoms with van der Waals surface area (Å²) in [7, 11) is 0. The minimum Gasteiger partial charge on any atom is -0.459 e. The molecule has 0 radical (unpaired) electrons. The highest BCUT2D eigenvalue weighted by atomic mass is 16.6. The van der Waals surface area contributed by atoms with E-state index in [1.807, 2.05) is 0 Å². The molecule has 2 atom stereocenters. The lowest BCUT2D eigenvalue weighted by Gasteiger charge is -2.44. The first-order valence-corrected chi connectivity index (χ1v) is 19.7. The van der Waals surface area contributed by atoms with E-state index in [4.69, 9.17) is 23.7 Å². The topological polar surface area (TPSA) is 190 Å². The van der Waals surface area contributed by atoms with Gasteiger partial charge < -0.3 is 28.2 Å². The zero-order valence-corrected chi connectivity index (χ0v) is 37.9. The predicted octanol–water partition coefficient (Wildman–Crippen LogP) is 5.31. The normalized spacial score (nSPS) is 13.9. The maximum Gasteiger partial charge on any atom is 0.362 e. The number of nitrogens with zero attached hydrogens (tertiary/aromatic N) is 3. The summed E-state index contributed by atoms with van der Waals surface area (Å²) in [6.45, 7) is 26.0. The van der Waals surface area contributed by atoms with Crippen LogP contribution < -0.4 is 5.32 Å². The van der Waals surface area contributed by atoms with Gasteiger partial charge in [-0.3, -0.25) is 34.7 Å². The van der Waals surface area contributed by atoms with Crippen LogP contribution in [-0.4, -0.2) is 130 Å². The van der Waals surface area contributed by atoms with Gasteiger partial charge in [0.25, 0.3) is 5.69 Å². The van der Waals surface area contributed by atoms with Crippen LogP contribution in [0.2, 0.25) is 0 Å². The summed E-state index contributed by atoms with van der Waals surface area (Å²) in [4.78, 5) is 80.3. The largest absolute Gasteiger partial charge is 0.459 e. The molecule has 0 bridgehead atoms. The summed E-state index contributed by atoms with van der Waals surface area (Å²) in [5, 5.41) is 14.7. The highest BCUT2D eigenvalue weighted by Crippen LogP contribution is 2.23. The number of nitro groups is 1. The van der Waals surface area contributed by atoms with Gasteiger partial charge in [-0.05, 0) is 123 Å². The molecule has 0 spiro atoms. The summed E-state index contributed by atoms with van der Waals surface area (Å²) in [6.07, 6.45) is 0.103. The fraction of sp³-hybridized carbons (Fsp3) is 0.738. The number of nitrogens with one attached hydrogen (secondary N) is 1. The first-order valence-electron chi connectivity index (χ1n) is 19.7. The van der Waals surface area contributed by atoms with Crippen molar-refractivity contribution in [3.05, 3.63) is 39.9 Å². The summed E-state index contributed by atoms with van der Waals surface area (Å²) < 4.78 is 28.2. The van der Waals surface area contributed by atoms with Gasteiger partial charge in [0.15, 0.2) is 13.1 Å². The average Bonchev–Trinajstić information content (AvgIpc) is 2.94. The number of nitro benzene ring substituents is 1. The van der Waals surface area contributed by atoms with Crippen molar-refractivity contribution < 1.29 is 57.1 Å². The van der Waals surface area contributed by atoms with Crippen molar-refractivity contribution in [1.82, 2.24) is 10.2 Å². The SMILES string of the molecule is CC(C[N+](CC(=O)OC(C)(C)C)(CC(=O)OC(C)(C)C)CC(Cc1ccc([N+](=O)[O-])cc1)N(CC(=O)OC(C)(C)C)CC(=O)OC(C)(C)C)NCC(=O)OC(C)(C)C. The molecule has 2 unspecified atom stereocenters. The van der Waals surface area contributed by atoms with Gasteiger partial charge in [0.1, 0.15) is 28.0 Å². The van der Waals surface area contributed by atoms with Gasteiger partial charge in [0.2, 0.25) is 0 Å². The molecule has 1 N–H and O–H groups in total. The summed E-state index contributed by atoms with van der Waals surface area (Å²) >= 11 is 0. The van der Waals surface area contributed by atoms with Crippen LogP contribution in [0.25, 0.3) is 0 Å². The zero-order valence-electron chi connectivity index (χ0n) is 37.9. The van der Waals surface area contributed by atoms with Gasteiger partial charge in [-0.1, -0.05) is 12.1 Å². The Morgan fingerprint density at radius 1 is 0.621 bits per heavy atom. The first kappa shape index (κ1) is 51.9. The second-order valence-corrected chi connectivity index (χ2v) is 19.9. The second kappa shape index (κ2) is 20.7. The van der Waals surface area contributed by atoms with Crippen LogP contribution in [0.3, 0.4) is 0 Å².